The maximum absolute atomic E-state index is 12.9. The van der Waals surface area contributed by atoms with Gasteiger partial charge in [0.25, 0.3) is 5.91 Å². The molecule has 2 aromatic heterocycles. The number of alkyl halides is 3. The molecule has 3 rings (SSSR count). The predicted molar refractivity (Wildman–Crippen MR) is 114 cm³/mol. The Balaban J connectivity index is 1.89. The lowest BCUT2D eigenvalue weighted by Gasteiger charge is -2.16. The molecule has 31 heavy (non-hydrogen) atoms. The molecule has 0 aliphatic carbocycles. The van der Waals surface area contributed by atoms with Crippen LogP contribution in [0, 0.1) is 6.92 Å². The first-order valence-electron chi connectivity index (χ1n) is 9.18. The van der Waals surface area contributed by atoms with Gasteiger partial charge in [0, 0.05) is 45.5 Å². The summed E-state index contributed by atoms with van der Waals surface area (Å²) in [6.45, 7) is 6.76. The summed E-state index contributed by atoms with van der Waals surface area (Å²) < 4.78 is 50.6. The van der Waals surface area contributed by atoms with Crippen LogP contribution in [0.1, 0.15) is 39.6 Å². The summed E-state index contributed by atoms with van der Waals surface area (Å²) in [5, 5.41) is 3.96. The average Bonchev–Trinajstić information content (AvgIpc) is 3.12. The summed E-state index contributed by atoms with van der Waals surface area (Å²) in [7, 11) is -2.67. The molecule has 0 bridgehead atoms. The Hall–Kier alpha value is -2.58. The van der Waals surface area contributed by atoms with Crippen molar-refractivity contribution in [1.29, 1.82) is 0 Å². The molecule has 1 N–H and O–H groups in total. The van der Waals surface area contributed by atoms with Gasteiger partial charge in [-0.15, -0.1) is 11.3 Å². The second-order valence-corrected chi connectivity index (χ2v) is 11.9. The molecule has 0 saturated carbocycles. The van der Waals surface area contributed by atoms with Crippen molar-refractivity contribution in [3.05, 3.63) is 58.6 Å². The molecule has 0 unspecified atom stereocenters. The Morgan fingerprint density at radius 1 is 1.10 bits per heavy atom. The third-order valence-corrected chi connectivity index (χ3v) is 6.91. The van der Waals surface area contributed by atoms with Crippen molar-refractivity contribution in [2.45, 2.75) is 26.1 Å². The van der Waals surface area contributed by atoms with Crippen molar-refractivity contribution >= 4 is 29.7 Å². The number of carbonyl (C=O) groups excluding carboxylic acids is 1. The third kappa shape index (κ3) is 5.57. The van der Waals surface area contributed by atoms with Gasteiger partial charge in [0.05, 0.1) is 6.04 Å². The highest BCUT2D eigenvalue weighted by atomic mass is 32.1. The van der Waals surface area contributed by atoms with Crippen molar-refractivity contribution < 1.29 is 22.5 Å². The Bertz CT molecular complexity index is 1160. The fourth-order valence-electron chi connectivity index (χ4n) is 2.74. The lowest BCUT2D eigenvalue weighted by atomic mass is 10.1. The quantitative estimate of drug-likeness (QED) is 0.551. The van der Waals surface area contributed by atoms with E-state index in [9.17, 15) is 22.5 Å². The Labute approximate surface area is 181 Å². The normalized spacial score (nSPS) is 13.1. The van der Waals surface area contributed by atoms with Crippen molar-refractivity contribution in [3.8, 4) is 10.6 Å². The number of aromatic nitrogens is 3. The number of hydrogen-bond donors (Lipinski definition) is 1. The molecule has 164 valence electrons. The number of thiazole rings is 1. The standard InChI is InChI=1S/C20H20F3N4O2PS/c1-11-8-24-18(31-11)14-5-13(6-16(7-14)30(3,4)29)17(28)27-12(2)15-9-25-19(26-10-15)20(21,22)23/h5-10,12H,1-4H3,(H,27,28)/t12-/m1/s1. The van der Waals surface area contributed by atoms with Crippen LogP contribution >= 0.6 is 18.5 Å². The molecular weight excluding hydrogens is 448 g/mol. The molecule has 3 aromatic rings. The Morgan fingerprint density at radius 2 is 1.74 bits per heavy atom. The summed E-state index contributed by atoms with van der Waals surface area (Å²) in [6.07, 6.45) is -0.846. The molecule has 0 radical (unpaired) electrons. The molecule has 1 atom stereocenters. The zero-order valence-electron chi connectivity index (χ0n) is 17.2. The van der Waals surface area contributed by atoms with E-state index in [1.54, 1.807) is 44.6 Å². The smallest absolute Gasteiger partial charge is 0.345 e. The van der Waals surface area contributed by atoms with Crippen LogP contribution in [0.2, 0.25) is 0 Å². The van der Waals surface area contributed by atoms with E-state index in [0.717, 1.165) is 17.3 Å². The molecule has 1 amide bonds. The van der Waals surface area contributed by atoms with E-state index in [4.69, 9.17) is 0 Å². The van der Waals surface area contributed by atoms with E-state index >= 15 is 0 Å². The molecule has 6 nitrogen and oxygen atoms in total. The van der Waals surface area contributed by atoms with E-state index < -0.39 is 31.1 Å². The van der Waals surface area contributed by atoms with Crippen LogP contribution in [-0.4, -0.2) is 34.2 Å². The lowest BCUT2D eigenvalue weighted by molar-refractivity contribution is -0.145. The van der Waals surface area contributed by atoms with Crippen molar-refractivity contribution in [2.24, 2.45) is 0 Å². The SMILES string of the molecule is Cc1cnc(-c2cc(C(=O)N[C@H](C)c3cnc(C(F)(F)F)nc3)cc(P(C)(C)=O)c2)s1. The molecule has 0 aliphatic rings. The van der Waals surface area contributed by atoms with Crippen molar-refractivity contribution in [3.63, 3.8) is 0 Å². The van der Waals surface area contributed by atoms with Gasteiger partial charge in [0.2, 0.25) is 5.82 Å². The van der Waals surface area contributed by atoms with Crippen molar-refractivity contribution in [2.75, 3.05) is 13.3 Å². The minimum Gasteiger partial charge on any atom is -0.345 e. The number of carbonyl (C=O) groups is 1. The number of nitrogens with one attached hydrogen (secondary N) is 1. The van der Waals surface area contributed by atoms with Crippen LogP contribution in [0.5, 0.6) is 0 Å². The lowest BCUT2D eigenvalue weighted by Crippen LogP contribution is -2.28. The third-order valence-electron chi connectivity index (χ3n) is 4.44. The molecule has 11 heteroatoms. The van der Waals surface area contributed by atoms with Gasteiger partial charge in [0.15, 0.2) is 0 Å². The van der Waals surface area contributed by atoms with Gasteiger partial charge >= 0.3 is 6.18 Å². The van der Waals surface area contributed by atoms with Crippen molar-refractivity contribution in [1.82, 2.24) is 20.3 Å². The number of amides is 1. The first-order chi connectivity index (χ1) is 14.3. The Kier molecular flexibility index (Phi) is 6.34. The van der Waals surface area contributed by atoms with Crippen LogP contribution in [0.15, 0.2) is 36.8 Å². The number of aryl methyl sites for hydroxylation is 1. The Morgan fingerprint density at radius 3 is 2.26 bits per heavy atom. The van der Waals surface area contributed by atoms with E-state index in [1.807, 2.05) is 6.92 Å². The molecule has 0 saturated heterocycles. The summed E-state index contributed by atoms with van der Waals surface area (Å²) in [6, 6.07) is 4.35. The van der Waals surface area contributed by atoms with Gasteiger partial charge in [-0.3, -0.25) is 4.79 Å². The zero-order valence-corrected chi connectivity index (χ0v) is 18.9. The molecule has 0 aliphatic heterocycles. The van der Waals surface area contributed by atoms with Crippen LogP contribution in [-0.2, 0) is 10.7 Å². The summed E-state index contributed by atoms with van der Waals surface area (Å²) in [5.74, 6) is -1.70. The molecule has 0 fully saturated rings. The second kappa shape index (κ2) is 8.51. The average molecular weight is 468 g/mol. The predicted octanol–water partition coefficient (Wildman–Crippen LogP) is 4.67. The molecular formula is C20H20F3N4O2PS. The van der Waals surface area contributed by atoms with E-state index in [0.29, 0.717) is 21.4 Å². The van der Waals surface area contributed by atoms with Crippen LogP contribution in [0.3, 0.4) is 0 Å². The van der Waals surface area contributed by atoms with Crippen LogP contribution < -0.4 is 10.6 Å². The molecule has 0 spiro atoms. The molecule has 2 heterocycles. The van der Waals surface area contributed by atoms with Gasteiger partial charge in [-0.1, -0.05) is 0 Å². The largest absolute Gasteiger partial charge is 0.451 e. The highest BCUT2D eigenvalue weighted by molar-refractivity contribution is 7.70. The maximum atomic E-state index is 12.9. The van der Waals surface area contributed by atoms with Gasteiger partial charge in [-0.05, 0) is 45.4 Å². The minimum absolute atomic E-state index is 0.281. The number of hydrogen-bond acceptors (Lipinski definition) is 6. The van der Waals surface area contributed by atoms with E-state index in [1.165, 1.54) is 11.3 Å². The van der Waals surface area contributed by atoms with Crippen LogP contribution in [0.4, 0.5) is 13.2 Å². The van der Waals surface area contributed by atoms with Gasteiger partial charge in [-0.2, -0.15) is 13.2 Å². The van der Waals surface area contributed by atoms with E-state index in [-0.39, 0.29) is 5.56 Å². The number of rotatable bonds is 5. The fourth-order valence-corrected chi connectivity index (χ4v) is 4.39. The monoisotopic (exact) mass is 468 g/mol. The van der Waals surface area contributed by atoms with Gasteiger partial charge in [-0.25, -0.2) is 15.0 Å². The number of nitrogens with zero attached hydrogens (tertiary/aromatic N) is 3. The zero-order chi connectivity index (χ0) is 23.0. The number of halogens is 3. The van der Waals surface area contributed by atoms with Gasteiger partial charge in [0.1, 0.15) is 12.1 Å². The summed E-state index contributed by atoms with van der Waals surface area (Å²) in [4.78, 5) is 24.9. The van der Waals surface area contributed by atoms with E-state index in [2.05, 4.69) is 20.3 Å². The first kappa shape index (κ1) is 23.1. The summed E-state index contributed by atoms with van der Waals surface area (Å²) in [5.41, 5.74) is 1.28. The summed E-state index contributed by atoms with van der Waals surface area (Å²) >= 11 is 1.45. The minimum atomic E-state index is -4.63. The molecule has 1 aromatic carbocycles. The second-order valence-electron chi connectivity index (χ2n) is 7.43. The van der Waals surface area contributed by atoms with Gasteiger partial charge < -0.3 is 9.88 Å². The highest BCUT2D eigenvalue weighted by Crippen LogP contribution is 2.37. The number of benzene rings is 1. The maximum Gasteiger partial charge on any atom is 0.451 e. The fraction of sp³-hybridized carbons (Fsp3) is 0.300. The first-order valence-corrected chi connectivity index (χ1v) is 12.6. The topological polar surface area (TPSA) is 84.8 Å². The highest BCUT2D eigenvalue weighted by Gasteiger charge is 2.34. The van der Waals surface area contributed by atoms with Crippen LogP contribution in [0.25, 0.3) is 10.6 Å².